The van der Waals surface area contributed by atoms with Crippen molar-refractivity contribution in [2.75, 3.05) is 62.8 Å². The Balaban J connectivity index is 1.64. The third-order valence-electron chi connectivity index (χ3n) is 5.33. The van der Waals surface area contributed by atoms with Crippen LogP contribution in [0.2, 0.25) is 0 Å². The van der Waals surface area contributed by atoms with E-state index in [0.717, 1.165) is 5.69 Å². The molecule has 0 spiro atoms. The minimum atomic E-state index is -3.69. The van der Waals surface area contributed by atoms with Crippen LogP contribution in [0.25, 0.3) is 0 Å². The number of rotatable bonds is 5. The number of benzene rings is 1. The van der Waals surface area contributed by atoms with E-state index in [1.165, 1.54) is 10.4 Å². The first-order valence-corrected chi connectivity index (χ1v) is 11.7. The lowest BCUT2D eigenvalue weighted by Crippen LogP contribution is -2.40. The van der Waals surface area contributed by atoms with Gasteiger partial charge in [-0.1, -0.05) is 0 Å². The monoisotopic (exact) mass is 463 g/mol. The Morgan fingerprint density at radius 2 is 1.66 bits per heavy atom. The van der Waals surface area contributed by atoms with Crippen LogP contribution in [0, 0.1) is 5.92 Å². The van der Waals surface area contributed by atoms with E-state index in [9.17, 15) is 13.2 Å². The molecule has 0 aromatic heterocycles. The molecule has 1 N–H and O–H groups in total. The molecule has 0 radical (unpaired) electrons. The molecule has 160 valence electrons. The minimum absolute atomic E-state index is 0.130. The van der Waals surface area contributed by atoms with E-state index in [4.69, 9.17) is 32.7 Å². The topological polar surface area (TPSA) is 88.2 Å². The maximum atomic E-state index is 13.0. The van der Waals surface area contributed by atoms with Crippen molar-refractivity contribution in [3.05, 3.63) is 18.2 Å². The van der Waals surface area contributed by atoms with Gasteiger partial charge >= 0.3 is 0 Å². The van der Waals surface area contributed by atoms with Gasteiger partial charge in [-0.05, 0) is 24.6 Å². The Morgan fingerprint density at radius 1 is 1.07 bits per heavy atom. The molecule has 3 aliphatic rings. The fourth-order valence-corrected chi connectivity index (χ4v) is 5.45. The van der Waals surface area contributed by atoms with Crippen LogP contribution in [-0.4, -0.2) is 75.6 Å². The number of hydrogen-bond acceptors (Lipinski definition) is 6. The van der Waals surface area contributed by atoms with Crippen LogP contribution in [-0.2, 0) is 24.3 Å². The van der Waals surface area contributed by atoms with Crippen molar-refractivity contribution in [3.8, 4) is 0 Å². The van der Waals surface area contributed by atoms with E-state index >= 15 is 0 Å². The van der Waals surface area contributed by atoms with Crippen LogP contribution in [0.3, 0.4) is 0 Å². The van der Waals surface area contributed by atoms with Crippen molar-refractivity contribution in [3.63, 3.8) is 0 Å². The molecule has 4 rings (SSSR count). The number of carbonyl (C=O) groups is 1. The lowest BCUT2D eigenvalue weighted by molar-refractivity contribution is -0.117. The highest BCUT2D eigenvalue weighted by atomic mass is 35.5. The van der Waals surface area contributed by atoms with Gasteiger partial charge in [0, 0.05) is 26.2 Å². The van der Waals surface area contributed by atoms with Crippen LogP contribution in [0.4, 0.5) is 11.4 Å². The summed E-state index contributed by atoms with van der Waals surface area (Å²) in [7, 11) is -3.69. The van der Waals surface area contributed by atoms with Crippen molar-refractivity contribution >= 4 is 50.5 Å². The maximum absolute atomic E-state index is 13.0. The van der Waals surface area contributed by atoms with Crippen LogP contribution in [0.15, 0.2) is 23.1 Å². The fraction of sp³-hybridized carbons (Fsp3) is 0.611. The van der Waals surface area contributed by atoms with Gasteiger partial charge in [0.15, 0.2) is 0 Å². The highest BCUT2D eigenvalue weighted by Crippen LogP contribution is 2.53. The lowest BCUT2D eigenvalue weighted by atomic mass is 10.2. The highest BCUT2D eigenvalue weighted by molar-refractivity contribution is 7.89. The van der Waals surface area contributed by atoms with Crippen molar-refractivity contribution in [1.82, 2.24) is 4.31 Å². The molecule has 29 heavy (non-hydrogen) atoms. The second kappa shape index (κ2) is 8.20. The molecule has 3 fully saturated rings. The van der Waals surface area contributed by atoms with Crippen molar-refractivity contribution in [1.29, 1.82) is 0 Å². The molecule has 2 heterocycles. The SMILES string of the molecule is O=C(Nc1cc(S(=O)(=O)N2CCOCC2)ccc1N1CCOCC1)C1CC1(Cl)Cl. The summed E-state index contributed by atoms with van der Waals surface area (Å²) in [6, 6.07) is 4.82. The second-order valence-electron chi connectivity index (χ2n) is 7.30. The normalized spacial score (nSPS) is 24.9. The first-order chi connectivity index (χ1) is 13.8. The molecular weight excluding hydrogens is 441 g/mol. The standard InChI is InChI=1S/C18H23Cl2N3O5S/c19-18(20)12-14(18)17(24)21-15-11-13(29(25,26)23-5-9-28-10-6-23)1-2-16(15)22-3-7-27-8-4-22/h1-2,11,14H,3-10,12H2,(H,21,24). The summed E-state index contributed by atoms with van der Waals surface area (Å²) in [6.07, 6.45) is 0.376. The lowest BCUT2D eigenvalue weighted by Gasteiger charge is -2.31. The predicted molar refractivity (Wildman–Crippen MR) is 110 cm³/mol. The predicted octanol–water partition coefficient (Wildman–Crippen LogP) is 1.68. The first kappa shape index (κ1) is 21.1. The van der Waals surface area contributed by atoms with Gasteiger partial charge in [0.1, 0.15) is 4.33 Å². The van der Waals surface area contributed by atoms with E-state index in [0.29, 0.717) is 64.7 Å². The Hall–Kier alpha value is -1.10. The quantitative estimate of drug-likeness (QED) is 0.668. The van der Waals surface area contributed by atoms with E-state index in [2.05, 4.69) is 10.2 Å². The summed E-state index contributed by atoms with van der Waals surface area (Å²) in [6.45, 7) is 3.77. The number of halogens is 2. The zero-order valence-corrected chi connectivity index (χ0v) is 18.1. The van der Waals surface area contributed by atoms with Gasteiger partial charge in [-0.3, -0.25) is 4.79 Å². The van der Waals surface area contributed by atoms with E-state index in [-0.39, 0.29) is 10.8 Å². The van der Waals surface area contributed by atoms with Crippen LogP contribution >= 0.6 is 23.2 Å². The Labute approximate surface area is 180 Å². The number of morpholine rings is 2. The fourth-order valence-electron chi connectivity index (χ4n) is 3.51. The average molecular weight is 464 g/mol. The number of sulfonamides is 1. The van der Waals surface area contributed by atoms with Gasteiger partial charge in [0.2, 0.25) is 15.9 Å². The number of hydrogen-bond donors (Lipinski definition) is 1. The first-order valence-electron chi connectivity index (χ1n) is 9.52. The molecule has 1 aromatic rings. The second-order valence-corrected chi connectivity index (χ2v) is 10.8. The Bertz CT molecular complexity index is 883. The molecule has 1 saturated carbocycles. The summed E-state index contributed by atoms with van der Waals surface area (Å²) < 4.78 is 37.1. The number of nitrogens with one attached hydrogen (secondary N) is 1. The summed E-state index contributed by atoms with van der Waals surface area (Å²) in [5.74, 6) is -0.826. The summed E-state index contributed by atoms with van der Waals surface area (Å²) in [4.78, 5) is 14.8. The highest BCUT2D eigenvalue weighted by Gasteiger charge is 2.56. The zero-order chi connectivity index (χ0) is 20.6. The minimum Gasteiger partial charge on any atom is -0.379 e. The van der Waals surface area contributed by atoms with E-state index < -0.39 is 20.3 Å². The van der Waals surface area contributed by atoms with Gasteiger partial charge in [-0.2, -0.15) is 4.31 Å². The zero-order valence-electron chi connectivity index (χ0n) is 15.8. The van der Waals surface area contributed by atoms with Crippen molar-refractivity contribution in [2.24, 2.45) is 5.92 Å². The summed E-state index contributed by atoms with van der Waals surface area (Å²) >= 11 is 12.1. The van der Waals surface area contributed by atoms with Gasteiger partial charge < -0.3 is 19.7 Å². The van der Waals surface area contributed by atoms with Gasteiger partial charge in [-0.15, -0.1) is 23.2 Å². The molecule has 1 amide bonds. The molecule has 1 aromatic carbocycles. The van der Waals surface area contributed by atoms with Crippen LogP contribution in [0.5, 0.6) is 0 Å². The van der Waals surface area contributed by atoms with Gasteiger partial charge in [0.25, 0.3) is 0 Å². The van der Waals surface area contributed by atoms with Crippen LogP contribution < -0.4 is 10.2 Å². The number of carbonyl (C=O) groups excluding carboxylic acids is 1. The maximum Gasteiger partial charge on any atom is 0.243 e. The van der Waals surface area contributed by atoms with Crippen molar-refractivity contribution < 1.29 is 22.7 Å². The van der Waals surface area contributed by atoms with E-state index in [1.807, 2.05) is 0 Å². The molecule has 2 saturated heterocycles. The van der Waals surface area contributed by atoms with Crippen molar-refractivity contribution in [2.45, 2.75) is 15.6 Å². The molecule has 1 atom stereocenters. The molecule has 11 heteroatoms. The largest absolute Gasteiger partial charge is 0.379 e. The number of nitrogens with zero attached hydrogens (tertiary/aromatic N) is 2. The summed E-state index contributed by atoms with van der Waals surface area (Å²) in [5, 5.41) is 2.84. The molecule has 1 aliphatic carbocycles. The number of amides is 1. The van der Waals surface area contributed by atoms with Crippen LogP contribution in [0.1, 0.15) is 6.42 Å². The molecule has 0 bridgehead atoms. The molecule has 2 aliphatic heterocycles. The average Bonchev–Trinajstić information content (AvgIpc) is 3.37. The third-order valence-corrected chi connectivity index (χ3v) is 8.06. The van der Waals surface area contributed by atoms with Gasteiger partial charge in [0.05, 0.1) is 48.6 Å². The summed E-state index contributed by atoms with van der Waals surface area (Å²) in [5.41, 5.74) is 1.18. The Kier molecular flexibility index (Phi) is 5.98. The van der Waals surface area contributed by atoms with Gasteiger partial charge in [-0.25, -0.2) is 8.42 Å². The third kappa shape index (κ3) is 4.50. The molecule has 8 nitrogen and oxygen atoms in total. The number of anilines is 2. The number of ether oxygens (including phenoxy) is 2. The smallest absolute Gasteiger partial charge is 0.243 e. The Morgan fingerprint density at radius 3 is 2.24 bits per heavy atom. The molecular formula is C18H23Cl2N3O5S. The number of alkyl halides is 2. The van der Waals surface area contributed by atoms with E-state index in [1.54, 1.807) is 12.1 Å². The molecule has 1 unspecified atom stereocenters.